The lowest BCUT2D eigenvalue weighted by molar-refractivity contribution is -0.128. The molecule has 0 aromatic heterocycles. The van der Waals surface area contributed by atoms with Crippen LogP contribution in [-0.2, 0) is 17.9 Å². The average molecular weight is 342 g/mol. The van der Waals surface area contributed by atoms with E-state index in [0.29, 0.717) is 25.6 Å². The molecule has 5 nitrogen and oxygen atoms in total. The van der Waals surface area contributed by atoms with E-state index in [9.17, 15) is 4.79 Å². The monoisotopic (exact) mass is 342 g/mol. The highest BCUT2D eigenvalue weighted by molar-refractivity contribution is 5.80. The summed E-state index contributed by atoms with van der Waals surface area (Å²) in [4.78, 5) is 18.7. The number of guanidine groups is 1. The molecule has 2 fully saturated rings. The first kappa shape index (κ1) is 17.8. The number of amides is 1. The summed E-state index contributed by atoms with van der Waals surface area (Å²) in [6.45, 7) is 5.18. The Balaban J connectivity index is 1.66. The van der Waals surface area contributed by atoms with Gasteiger partial charge in [0.05, 0.1) is 6.54 Å². The standard InChI is InChI=1S/C20H30N4O/c1-2-21-20(23-18-10-5-6-11-18)22-14-16-8-3-4-9-17(16)15-24-13-7-12-19(24)25/h3-4,8-9,18H,2,5-7,10-15H2,1H3,(H2,21,22,23). The van der Waals surface area contributed by atoms with Crippen LogP contribution in [0.5, 0.6) is 0 Å². The molecule has 3 rings (SSSR count). The van der Waals surface area contributed by atoms with Gasteiger partial charge in [0, 0.05) is 32.1 Å². The van der Waals surface area contributed by atoms with Crippen molar-refractivity contribution in [1.82, 2.24) is 15.5 Å². The van der Waals surface area contributed by atoms with Gasteiger partial charge in [0.25, 0.3) is 0 Å². The van der Waals surface area contributed by atoms with Crippen LogP contribution >= 0.6 is 0 Å². The molecule has 5 heteroatoms. The van der Waals surface area contributed by atoms with Gasteiger partial charge < -0.3 is 15.5 Å². The Morgan fingerprint density at radius 2 is 1.96 bits per heavy atom. The molecule has 0 atom stereocenters. The number of aliphatic imine (C=N–C) groups is 1. The van der Waals surface area contributed by atoms with Crippen LogP contribution in [0.3, 0.4) is 0 Å². The first-order chi connectivity index (χ1) is 12.3. The van der Waals surface area contributed by atoms with E-state index in [1.807, 2.05) is 11.0 Å². The van der Waals surface area contributed by atoms with Crippen molar-refractivity contribution in [3.8, 4) is 0 Å². The zero-order chi connectivity index (χ0) is 17.5. The van der Waals surface area contributed by atoms with E-state index >= 15 is 0 Å². The molecule has 1 heterocycles. The predicted octanol–water partition coefficient (Wildman–Crippen LogP) is 2.81. The number of rotatable bonds is 6. The van der Waals surface area contributed by atoms with Crippen LogP contribution < -0.4 is 10.6 Å². The number of nitrogens with one attached hydrogen (secondary N) is 2. The third-order valence-electron chi connectivity index (χ3n) is 5.10. The summed E-state index contributed by atoms with van der Waals surface area (Å²) in [5, 5.41) is 6.91. The van der Waals surface area contributed by atoms with Crippen molar-refractivity contribution < 1.29 is 4.79 Å². The predicted molar refractivity (Wildman–Crippen MR) is 101 cm³/mol. The minimum Gasteiger partial charge on any atom is -0.357 e. The van der Waals surface area contributed by atoms with Crippen molar-refractivity contribution in [3.05, 3.63) is 35.4 Å². The van der Waals surface area contributed by atoms with Gasteiger partial charge in [-0.3, -0.25) is 4.79 Å². The fraction of sp³-hybridized carbons (Fsp3) is 0.600. The number of nitrogens with zero attached hydrogens (tertiary/aromatic N) is 2. The molecule has 0 radical (unpaired) electrons. The van der Waals surface area contributed by atoms with Crippen molar-refractivity contribution in [2.75, 3.05) is 13.1 Å². The molecule has 1 aromatic carbocycles. The summed E-state index contributed by atoms with van der Waals surface area (Å²) in [7, 11) is 0. The molecule has 1 amide bonds. The van der Waals surface area contributed by atoms with Crippen LogP contribution in [0.2, 0.25) is 0 Å². The van der Waals surface area contributed by atoms with Crippen LogP contribution in [0.15, 0.2) is 29.3 Å². The third kappa shape index (κ3) is 4.97. The van der Waals surface area contributed by atoms with Crippen molar-refractivity contribution in [1.29, 1.82) is 0 Å². The molecule has 1 saturated carbocycles. The van der Waals surface area contributed by atoms with Gasteiger partial charge in [-0.05, 0) is 37.3 Å². The Kier molecular flexibility index (Phi) is 6.31. The quantitative estimate of drug-likeness (QED) is 0.617. The lowest BCUT2D eigenvalue weighted by atomic mass is 10.1. The summed E-state index contributed by atoms with van der Waals surface area (Å²) in [6, 6.07) is 8.89. The second kappa shape index (κ2) is 8.88. The molecule has 1 aromatic rings. The number of likely N-dealkylation sites (tertiary alicyclic amines) is 1. The largest absolute Gasteiger partial charge is 0.357 e. The van der Waals surface area contributed by atoms with Gasteiger partial charge in [-0.2, -0.15) is 0 Å². The summed E-state index contributed by atoms with van der Waals surface area (Å²) < 4.78 is 0. The lowest BCUT2D eigenvalue weighted by Gasteiger charge is -2.19. The molecule has 25 heavy (non-hydrogen) atoms. The van der Waals surface area contributed by atoms with Gasteiger partial charge >= 0.3 is 0 Å². The van der Waals surface area contributed by atoms with Crippen LogP contribution in [0.1, 0.15) is 56.6 Å². The zero-order valence-corrected chi connectivity index (χ0v) is 15.3. The molecule has 0 spiro atoms. The second-order valence-corrected chi connectivity index (χ2v) is 7.01. The highest BCUT2D eigenvalue weighted by atomic mass is 16.2. The number of benzene rings is 1. The summed E-state index contributed by atoms with van der Waals surface area (Å²) >= 11 is 0. The molecule has 136 valence electrons. The van der Waals surface area contributed by atoms with Gasteiger partial charge in [-0.1, -0.05) is 37.1 Å². The van der Waals surface area contributed by atoms with Crippen LogP contribution in [-0.4, -0.2) is 35.9 Å². The minimum atomic E-state index is 0.273. The molecule has 1 saturated heterocycles. The smallest absolute Gasteiger partial charge is 0.222 e. The summed E-state index contributed by atoms with van der Waals surface area (Å²) in [5.41, 5.74) is 2.41. The highest BCUT2D eigenvalue weighted by Crippen LogP contribution is 2.19. The summed E-state index contributed by atoms with van der Waals surface area (Å²) in [6.07, 6.45) is 6.76. The Labute approximate surface area is 150 Å². The van der Waals surface area contributed by atoms with E-state index in [1.54, 1.807) is 0 Å². The molecule has 1 aliphatic heterocycles. The number of carbonyl (C=O) groups is 1. The van der Waals surface area contributed by atoms with E-state index in [2.05, 4.69) is 35.8 Å². The normalized spacial score (nSPS) is 18.8. The van der Waals surface area contributed by atoms with E-state index in [4.69, 9.17) is 4.99 Å². The van der Waals surface area contributed by atoms with Crippen molar-refractivity contribution in [2.45, 2.75) is 64.6 Å². The zero-order valence-electron chi connectivity index (χ0n) is 15.3. The van der Waals surface area contributed by atoms with Gasteiger partial charge in [0.2, 0.25) is 5.91 Å². The van der Waals surface area contributed by atoms with Crippen molar-refractivity contribution >= 4 is 11.9 Å². The first-order valence-corrected chi connectivity index (χ1v) is 9.65. The average Bonchev–Trinajstić information content (AvgIpc) is 3.26. The van der Waals surface area contributed by atoms with Crippen LogP contribution in [0, 0.1) is 0 Å². The first-order valence-electron chi connectivity index (χ1n) is 9.65. The highest BCUT2D eigenvalue weighted by Gasteiger charge is 2.21. The van der Waals surface area contributed by atoms with Crippen molar-refractivity contribution in [2.24, 2.45) is 4.99 Å². The van der Waals surface area contributed by atoms with E-state index in [0.717, 1.165) is 25.5 Å². The second-order valence-electron chi connectivity index (χ2n) is 7.01. The lowest BCUT2D eigenvalue weighted by Crippen LogP contribution is -2.42. The molecule has 2 aliphatic rings. The minimum absolute atomic E-state index is 0.273. The van der Waals surface area contributed by atoms with Crippen molar-refractivity contribution in [3.63, 3.8) is 0 Å². The number of hydrogen-bond donors (Lipinski definition) is 2. The summed E-state index contributed by atoms with van der Waals surface area (Å²) in [5.74, 6) is 1.18. The molecular weight excluding hydrogens is 312 g/mol. The number of carbonyl (C=O) groups excluding carboxylic acids is 1. The van der Waals surface area contributed by atoms with Gasteiger partial charge in [-0.15, -0.1) is 0 Å². The van der Waals surface area contributed by atoms with E-state index < -0.39 is 0 Å². The fourth-order valence-corrected chi connectivity index (χ4v) is 3.69. The number of hydrogen-bond acceptors (Lipinski definition) is 2. The maximum absolute atomic E-state index is 11.9. The van der Waals surface area contributed by atoms with Gasteiger partial charge in [-0.25, -0.2) is 4.99 Å². The van der Waals surface area contributed by atoms with Gasteiger partial charge in [0.15, 0.2) is 5.96 Å². The van der Waals surface area contributed by atoms with E-state index in [-0.39, 0.29) is 5.91 Å². The molecule has 1 aliphatic carbocycles. The Morgan fingerprint density at radius 3 is 2.64 bits per heavy atom. The van der Waals surface area contributed by atoms with Crippen LogP contribution in [0.25, 0.3) is 0 Å². The SMILES string of the molecule is CCNC(=NCc1ccccc1CN1CCCC1=O)NC1CCCC1. The Hall–Kier alpha value is -2.04. The molecular formula is C20H30N4O. The Bertz CT molecular complexity index is 607. The Morgan fingerprint density at radius 1 is 1.20 bits per heavy atom. The van der Waals surface area contributed by atoms with Gasteiger partial charge in [0.1, 0.15) is 0 Å². The topological polar surface area (TPSA) is 56.7 Å². The third-order valence-corrected chi connectivity index (χ3v) is 5.10. The van der Waals surface area contributed by atoms with E-state index in [1.165, 1.54) is 36.8 Å². The fourth-order valence-electron chi connectivity index (χ4n) is 3.69. The maximum Gasteiger partial charge on any atom is 0.222 e. The molecule has 2 N–H and O–H groups in total. The molecule has 0 unspecified atom stereocenters. The maximum atomic E-state index is 11.9. The van der Waals surface area contributed by atoms with Crippen LogP contribution in [0.4, 0.5) is 0 Å². The molecule has 0 bridgehead atoms.